The summed E-state index contributed by atoms with van der Waals surface area (Å²) >= 11 is 0. The number of nitrogens with zero attached hydrogens (tertiary/aromatic N) is 3. The maximum Gasteiger partial charge on any atom is 0.326 e. The number of aliphatic carboxylic acids is 1. The van der Waals surface area contributed by atoms with Crippen molar-refractivity contribution in [1.29, 1.82) is 0 Å². The summed E-state index contributed by atoms with van der Waals surface area (Å²) < 4.78 is 1.91. The molecule has 2 rings (SSSR count). The van der Waals surface area contributed by atoms with Crippen LogP contribution in [0.1, 0.15) is 25.6 Å². The first kappa shape index (κ1) is 11.6. The molecule has 0 aromatic carbocycles. The van der Waals surface area contributed by atoms with Crippen LogP contribution in [0.25, 0.3) is 0 Å². The van der Waals surface area contributed by atoms with Crippen molar-refractivity contribution in [2.24, 2.45) is 0 Å². The number of carboxylic acid groups (broad SMARTS) is 1. The molecule has 17 heavy (non-hydrogen) atoms. The van der Waals surface area contributed by atoms with Gasteiger partial charge >= 0.3 is 5.97 Å². The zero-order valence-corrected chi connectivity index (χ0v) is 9.67. The van der Waals surface area contributed by atoms with Gasteiger partial charge in [0, 0.05) is 25.4 Å². The molecule has 1 aromatic rings. The Morgan fingerprint density at radius 1 is 1.65 bits per heavy atom. The van der Waals surface area contributed by atoms with Gasteiger partial charge in [-0.15, -0.1) is 0 Å². The van der Waals surface area contributed by atoms with E-state index in [1.165, 1.54) is 4.90 Å². The second kappa shape index (κ2) is 4.57. The number of carboxylic acids is 1. The second-order valence-corrected chi connectivity index (χ2v) is 4.04. The number of likely N-dealkylation sites (tertiary alicyclic amines) is 1. The predicted molar refractivity (Wildman–Crippen MR) is 59.1 cm³/mol. The van der Waals surface area contributed by atoms with Gasteiger partial charge in [0.25, 0.3) is 0 Å². The molecule has 1 atom stereocenters. The smallest absolute Gasteiger partial charge is 0.326 e. The van der Waals surface area contributed by atoms with E-state index in [1.807, 2.05) is 17.7 Å². The van der Waals surface area contributed by atoms with Crippen molar-refractivity contribution in [3.8, 4) is 0 Å². The molecule has 0 saturated carbocycles. The number of carbonyl (C=O) groups excluding carboxylic acids is 1. The Labute approximate surface area is 98.9 Å². The number of hydrogen-bond donors (Lipinski definition) is 1. The zero-order chi connectivity index (χ0) is 12.4. The Morgan fingerprint density at radius 3 is 3.06 bits per heavy atom. The highest BCUT2D eigenvalue weighted by Gasteiger charge is 2.36. The third kappa shape index (κ3) is 2.15. The third-order valence-corrected chi connectivity index (χ3v) is 3.07. The number of carbonyl (C=O) groups is 2. The average molecular weight is 237 g/mol. The molecule has 1 aliphatic rings. The van der Waals surface area contributed by atoms with E-state index >= 15 is 0 Å². The fourth-order valence-electron chi connectivity index (χ4n) is 2.12. The van der Waals surface area contributed by atoms with E-state index in [1.54, 1.807) is 6.20 Å². The topological polar surface area (TPSA) is 75.4 Å². The van der Waals surface area contributed by atoms with Crippen LogP contribution >= 0.6 is 0 Å². The molecule has 6 heteroatoms. The van der Waals surface area contributed by atoms with Crippen LogP contribution in [-0.4, -0.2) is 37.5 Å². The molecule has 0 radical (unpaired) electrons. The molecule has 1 aromatic heterocycles. The molecule has 1 N–H and O–H groups in total. The van der Waals surface area contributed by atoms with Crippen LogP contribution in [0.4, 0.5) is 0 Å². The number of amides is 1. The number of rotatable bonds is 4. The van der Waals surface area contributed by atoms with Crippen LogP contribution in [0.15, 0.2) is 12.4 Å². The van der Waals surface area contributed by atoms with E-state index in [-0.39, 0.29) is 12.5 Å². The van der Waals surface area contributed by atoms with Crippen molar-refractivity contribution in [3.63, 3.8) is 0 Å². The minimum absolute atomic E-state index is 0.108. The number of imidazole rings is 1. The first-order valence-electron chi connectivity index (χ1n) is 5.65. The minimum Gasteiger partial charge on any atom is -0.480 e. The molecule has 1 saturated heterocycles. The van der Waals surface area contributed by atoms with Gasteiger partial charge in [0.15, 0.2) is 0 Å². The van der Waals surface area contributed by atoms with Crippen LogP contribution in [0.2, 0.25) is 0 Å². The first-order valence-corrected chi connectivity index (χ1v) is 5.65. The lowest BCUT2D eigenvalue weighted by atomic mass is 10.2. The fraction of sp³-hybridized carbons (Fsp3) is 0.545. The number of aromatic nitrogens is 2. The average Bonchev–Trinajstić information content (AvgIpc) is 2.87. The highest BCUT2D eigenvalue weighted by molar-refractivity contribution is 5.87. The Kier molecular flexibility index (Phi) is 3.12. The SMILES string of the molecule is CCn1ccnc1CN1C(=O)CCC1C(=O)O. The van der Waals surface area contributed by atoms with Gasteiger partial charge in [-0.25, -0.2) is 9.78 Å². The number of aryl methyl sites for hydroxylation is 1. The summed E-state index contributed by atoms with van der Waals surface area (Å²) in [4.78, 5) is 28.2. The molecular formula is C11H15N3O3. The summed E-state index contributed by atoms with van der Waals surface area (Å²) in [6.45, 7) is 3.01. The van der Waals surface area contributed by atoms with Crippen LogP contribution in [-0.2, 0) is 22.7 Å². The molecule has 92 valence electrons. The van der Waals surface area contributed by atoms with Gasteiger partial charge < -0.3 is 14.6 Å². The van der Waals surface area contributed by atoms with E-state index in [4.69, 9.17) is 5.11 Å². The van der Waals surface area contributed by atoms with Crippen LogP contribution < -0.4 is 0 Å². The molecule has 1 aliphatic heterocycles. The van der Waals surface area contributed by atoms with Gasteiger partial charge in [-0.2, -0.15) is 0 Å². The van der Waals surface area contributed by atoms with E-state index in [2.05, 4.69) is 4.98 Å². The molecule has 0 spiro atoms. The lowest BCUT2D eigenvalue weighted by molar-refractivity contribution is -0.146. The van der Waals surface area contributed by atoms with Crippen molar-refractivity contribution in [3.05, 3.63) is 18.2 Å². The van der Waals surface area contributed by atoms with Crippen molar-refractivity contribution in [2.75, 3.05) is 0 Å². The lowest BCUT2D eigenvalue weighted by Crippen LogP contribution is -2.38. The highest BCUT2D eigenvalue weighted by Crippen LogP contribution is 2.21. The van der Waals surface area contributed by atoms with E-state index < -0.39 is 12.0 Å². The van der Waals surface area contributed by atoms with Gasteiger partial charge in [0.1, 0.15) is 11.9 Å². The number of hydrogen-bond acceptors (Lipinski definition) is 3. The third-order valence-electron chi connectivity index (χ3n) is 3.07. The zero-order valence-electron chi connectivity index (χ0n) is 9.67. The second-order valence-electron chi connectivity index (χ2n) is 4.04. The quantitative estimate of drug-likeness (QED) is 0.826. The van der Waals surface area contributed by atoms with Crippen molar-refractivity contribution < 1.29 is 14.7 Å². The molecule has 1 amide bonds. The summed E-state index contributed by atoms with van der Waals surface area (Å²) in [6, 6.07) is -0.704. The molecule has 0 bridgehead atoms. The van der Waals surface area contributed by atoms with Crippen molar-refractivity contribution in [2.45, 2.75) is 38.9 Å². The maximum absolute atomic E-state index is 11.6. The van der Waals surface area contributed by atoms with Crippen molar-refractivity contribution in [1.82, 2.24) is 14.5 Å². The standard InChI is InChI=1S/C11H15N3O3/c1-2-13-6-5-12-9(13)7-14-8(11(16)17)3-4-10(14)15/h5-6,8H,2-4,7H2,1H3,(H,16,17). The minimum atomic E-state index is -0.939. The molecule has 1 fully saturated rings. The Morgan fingerprint density at radius 2 is 2.41 bits per heavy atom. The van der Waals surface area contributed by atoms with Gasteiger partial charge in [0.05, 0.1) is 6.54 Å². The Balaban J connectivity index is 2.16. The van der Waals surface area contributed by atoms with Gasteiger partial charge in [0.2, 0.25) is 5.91 Å². The Bertz CT molecular complexity index is 441. The van der Waals surface area contributed by atoms with Crippen LogP contribution in [0.5, 0.6) is 0 Å². The lowest BCUT2D eigenvalue weighted by Gasteiger charge is -2.21. The monoisotopic (exact) mass is 237 g/mol. The Hall–Kier alpha value is -1.85. The largest absolute Gasteiger partial charge is 0.480 e. The maximum atomic E-state index is 11.6. The van der Waals surface area contributed by atoms with E-state index in [0.717, 1.165) is 12.4 Å². The highest BCUT2D eigenvalue weighted by atomic mass is 16.4. The molecular weight excluding hydrogens is 222 g/mol. The van der Waals surface area contributed by atoms with Gasteiger partial charge in [-0.05, 0) is 13.3 Å². The van der Waals surface area contributed by atoms with E-state index in [0.29, 0.717) is 12.8 Å². The fourth-order valence-corrected chi connectivity index (χ4v) is 2.12. The first-order chi connectivity index (χ1) is 8.13. The molecule has 2 heterocycles. The predicted octanol–water partition coefficient (Wildman–Crippen LogP) is 0.479. The van der Waals surface area contributed by atoms with Crippen LogP contribution in [0, 0.1) is 0 Å². The van der Waals surface area contributed by atoms with Crippen molar-refractivity contribution >= 4 is 11.9 Å². The molecule has 0 aliphatic carbocycles. The van der Waals surface area contributed by atoms with Gasteiger partial charge in [-0.1, -0.05) is 0 Å². The normalized spacial score (nSPS) is 19.9. The molecule has 1 unspecified atom stereocenters. The summed E-state index contributed by atoms with van der Waals surface area (Å²) in [5, 5.41) is 9.04. The summed E-state index contributed by atoms with van der Waals surface area (Å²) in [5.41, 5.74) is 0. The van der Waals surface area contributed by atoms with Crippen LogP contribution in [0.3, 0.4) is 0 Å². The molecule has 6 nitrogen and oxygen atoms in total. The van der Waals surface area contributed by atoms with Gasteiger partial charge in [-0.3, -0.25) is 4.79 Å². The summed E-state index contributed by atoms with van der Waals surface area (Å²) in [6.07, 6.45) is 4.19. The summed E-state index contributed by atoms with van der Waals surface area (Å²) in [5.74, 6) is -0.317. The van der Waals surface area contributed by atoms with E-state index in [9.17, 15) is 9.59 Å². The summed E-state index contributed by atoms with van der Waals surface area (Å²) in [7, 11) is 0.